The fraction of sp³-hybridized carbons (Fsp3) is 0.524. The van der Waals surface area contributed by atoms with Crippen molar-refractivity contribution in [2.45, 2.75) is 52.0 Å². The van der Waals surface area contributed by atoms with E-state index in [1.54, 1.807) is 13.2 Å². The topological polar surface area (TPSA) is 106 Å². The van der Waals surface area contributed by atoms with Crippen LogP contribution in [0.5, 0.6) is 0 Å². The van der Waals surface area contributed by atoms with Crippen molar-refractivity contribution in [3.05, 3.63) is 41.7 Å². The number of hydrogen-bond donors (Lipinski definition) is 2. The molecule has 3 rings (SSSR count). The predicted octanol–water partition coefficient (Wildman–Crippen LogP) is 2.78. The van der Waals surface area contributed by atoms with Gasteiger partial charge >= 0.3 is 16.2 Å². The Morgan fingerprint density at radius 1 is 1.28 bits per heavy atom. The van der Waals surface area contributed by atoms with E-state index >= 15 is 0 Å². The summed E-state index contributed by atoms with van der Waals surface area (Å²) in [6, 6.07) is 4.70. The van der Waals surface area contributed by atoms with E-state index in [0.717, 1.165) is 17.5 Å². The maximum absolute atomic E-state index is 13.2. The van der Waals surface area contributed by atoms with Gasteiger partial charge in [0.2, 0.25) is 0 Å². The number of carbonyl (C=O) groups is 1. The van der Waals surface area contributed by atoms with Crippen LogP contribution in [0.25, 0.3) is 0 Å². The first-order valence-electron chi connectivity index (χ1n) is 10.5. The van der Waals surface area contributed by atoms with E-state index in [2.05, 4.69) is 35.1 Å². The minimum atomic E-state index is -4.16. The normalized spacial score (nSPS) is 14.7. The molecule has 0 saturated carbocycles. The van der Waals surface area contributed by atoms with Crippen molar-refractivity contribution in [3.63, 3.8) is 0 Å². The standard InChI is InChI=1S/C21H31N5O4S.Na/c1-5-16-10-17(15(2)3)12-18(11-16)23-21(27)24-31(28,29)26(19-6-8-30-9-7-19)20-13-22-25(4)14-20;/h10-15,19H,5-9H2,1-4H3,(H2,23,24,27);. The zero-order chi connectivity index (χ0) is 22.6. The molecule has 32 heavy (non-hydrogen) atoms. The van der Waals surface area contributed by atoms with E-state index < -0.39 is 16.2 Å². The minimum Gasteiger partial charge on any atom is -0.381 e. The van der Waals surface area contributed by atoms with Crippen LogP contribution < -0.4 is 14.3 Å². The summed E-state index contributed by atoms with van der Waals surface area (Å²) >= 11 is 0. The molecule has 171 valence electrons. The molecule has 11 heteroatoms. The molecular formula is C21H31N5NaO4S. The zero-order valence-corrected chi connectivity index (χ0v) is 22.3. The van der Waals surface area contributed by atoms with Crippen molar-refractivity contribution in [1.82, 2.24) is 14.5 Å². The molecule has 0 spiro atoms. The summed E-state index contributed by atoms with van der Waals surface area (Å²) in [4.78, 5) is 12.7. The zero-order valence-electron chi connectivity index (χ0n) is 19.5. The second-order valence-corrected chi connectivity index (χ2v) is 9.59. The van der Waals surface area contributed by atoms with Gasteiger partial charge in [0.15, 0.2) is 0 Å². The van der Waals surface area contributed by atoms with Crippen LogP contribution in [-0.4, -0.2) is 73.0 Å². The Hall–Kier alpha value is -1.59. The van der Waals surface area contributed by atoms with E-state index in [1.165, 1.54) is 15.2 Å². The summed E-state index contributed by atoms with van der Waals surface area (Å²) in [6.07, 6.45) is 4.98. The number of nitrogens with one attached hydrogen (secondary N) is 2. The van der Waals surface area contributed by atoms with Crippen molar-refractivity contribution >= 4 is 57.2 Å². The molecule has 1 radical (unpaired) electrons. The summed E-state index contributed by atoms with van der Waals surface area (Å²) in [5.74, 6) is 0.286. The maximum Gasteiger partial charge on any atom is 0.334 e. The van der Waals surface area contributed by atoms with Gasteiger partial charge < -0.3 is 10.1 Å². The Morgan fingerprint density at radius 3 is 2.53 bits per heavy atom. The van der Waals surface area contributed by atoms with E-state index in [1.807, 2.05) is 19.1 Å². The second-order valence-electron chi connectivity index (χ2n) is 8.04. The van der Waals surface area contributed by atoms with Gasteiger partial charge in [0.1, 0.15) is 0 Å². The molecule has 2 aromatic rings. The number of carbonyl (C=O) groups excluding carboxylic acids is 1. The Morgan fingerprint density at radius 2 is 1.97 bits per heavy atom. The summed E-state index contributed by atoms with van der Waals surface area (Å²) in [7, 11) is -2.45. The molecule has 2 N–H and O–H groups in total. The first-order valence-corrected chi connectivity index (χ1v) is 12.0. The molecule has 9 nitrogen and oxygen atoms in total. The van der Waals surface area contributed by atoms with Crippen LogP contribution in [0.15, 0.2) is 30.6 Å². The molecule has 2 amide bonds. The first-order chi connectivity index (χ1) is 14.7. The third-order valence-electron chi connectivity index (χ3n) is 5.30. The van der Waals surface area contributed by atoms with Gasteiger partial charge in [-0.05, 0) is 48.4 Å². The number of anilines is 2. The van der Waals surface area contributed by atoms with Crippen molar-refractivity contribution < 1.29 is 17.9 Å². The first kappa shape index (κ1) is 26.7. The molecule has 1 aliphatic heterocycles. The van der Waals surface area contributed by atoms with Crippen LogP contribution >= 0.6 is 0 Å². The summed E-state index contributed by atoms with van der Waals surface area (Å²) in [6.45, 7) is 7.11. The van der Waals surface area contributed by atoms with Gasteiger partial charge in [0, 0.05) is 61.7 Å². The SMILES string of the molecule is CCc1cc(NC(=O)NS(=O)(=O)N(c2cnn(C)c2)C2CCOCC2)cc(C(C)C)c1.[Na]. The Kier molecular flexibility index (Phi) is 9.59. The van der Waals surface area contributed by atoms with E-state index in [4.69, 9.17) is 4.74 Å². The number of amides is 2. The van der Waals surface area contributed by atoms with E-state index in [-0.39, 0.29) is 41.5 Å². The number of aryl methyl sites for hydroxylation is 2. The number of rotatable bonds is 7. The Bertz CT molecular complexity index is 1020. The van der Waals surface area contributed by atoms with Crippen LogP contribution in [0.1, 0.15) is 50.7 Å². The van der Waals surface area contributed by atoms with Gasteiger partial charge in [0.25, 0.3) is 0 Å². The summed E-state index contributed by atoms with van der Waals surface area (Å²) in [5.41, 5.74) is 3.12. The van der Waals surface area contributed by atoms with Crippen LogP contribution in [-0.2, 0) is 28.4 Å². The van der Waals surface area contributed by atoms with Crippen molar-refractivity contribution in [1.29, 1.82) is 0 Å². The number of ether oxygens (including phenoxy) is 1. The second kappa shape index (κ2) is 11.5. The van der Waals surface area contributed by atoms with E-state index in [0.29, 0.717) is 37.4 Å². The quantitative estimate of drug-likeness (QED) is 0.603. The van der Waals surface area contributed by atoms with Crippen LogP contribution in [0, 0.1) is 0 Å². The van der Waals surface area contributed by atoms with E-state index in [9.17, 15) is 13.2 Å². The van der Waals surface area contributed by atoms with Crippen LogP contribution in [0.4, 0.5) is 16.2 Å². The van der Waals surface area contributed by atoms with Crippen molar-refractivity contribution in [2.24, 2.45) is 7.05 Å². The van der Waals surface area contributed by atoms with Gasteiger partial charge in [-0.25, -0.2) is 13.8 Å². The van der Waals surface area contributed by atoms with Gasteiger partial charge in [-0.3, -0.25) is 4.68 Å². The van der Waals surface area contributed by atoms with Crippen molar-refractivity contribution in [3.8, 4) is 0 Å². The predicted molar refractivity (Wildman–Crippen MR) is 126 cm³/mol. The number of urea groups is 1. The summed E-state index contributed by atoms with van der Waals surface area (Å²) < 4.78 is 36.7. The Labute approximate surface area is 212 Å². The Balaban J connectivity index is 0.00000363. The molecule has 1 saturated heterocycles. The molecule has 0 atom stereocenters. The number of nitrogens with zero attached hydrogens (tertiary/aromatic N) is 3. The summed E-state index contributed by atoms with van der Waals surface area (Å²) in [5, 5.41) is 6.77. The molecule has 1 aromatic heterocycles. The van der Waals surface area contributed by atoms with Gasteiger partial charge in [-0.1, -0.05) is 26.8 Å². The largest absolute Gasteiger partial charge is 0.381 e. The molecule has 1 aliphatic rings. The van der Waals surface area contributed by atoms with Crippen LogP contribution in [0.3, 0.4) is 0 Å². The van der Waals surface area contributed by atoms with Crippen molar-refractivity contribution in [2.75, 3.05) is 22.8 Å². The molecule has 0 aliphatic carbocycles. The smallest absolute Gasteiger partial charge is 0.334 e. The third-order valence-corrected chi connectivity index (χ3v) is 6.77. The molecule has 2 heterocycles. The monoisotopic (exact) mass is 472 g/mol. The molecular weight excluding hydrogens is 441 g/mol. The molecule has 0 bridgehead atoms. The number of benzene rings is 1. The molecule has 1 aromatic carbocycles. The third kappa shape index (κ3) is 6.71. The fourth-order valence-corrected chi connectivity index (χ4v) is 5.00. The molecule has 1 fully saturated rings. The maximum atomic E-state index is 13.2. The van der Waals surface area contributed by atoms with Gasteiger partial charge in [-0.15, -0.1) is 0 Å². The van der Waals surface area contributed by atoms with Gasteiger partial charge in [0.05, 0.1) is 17.9 Å². The average molecular weight is 473 g/mol. The number of hydrogen-bond acceptors (Lipinski definition) is 5. The van der Waals surface area contributed by atoms with Crippen LogP contribution in [0.2, 0.25) is 0 Å². The minimum absolute atomic E-state index is 0. The average Bonchev–Trinajstić information content (AvgIpc) is 3.13. The fourth-order valence-electron chi connectivity index (χ4n) is 3.64. The molecule has 0 unspecified atom stereocenters. The number of aromatic nitrogens is 2. The van der Waals surface area contributed by atoms with Gasteiger partial charge in [-0.2, -0.15) is 13.5 Å².